The number of nitrogen functional groups attached to an aromatic ring is 1. The number of anilines is 1. The first-order valence-corrected chi connectivity index (χ1v) is 6.51. The van der Waals surface area contributed by atoms with Gasteiger partial charge in [-0.2, -0.15) is 0 Å². The van der Waals surface area contributed by atoms with Crippen molar-refractivity contribution >= 4 is 17.6 Å². The Balaban J connectivity index is 2.11. The quantitative estimate of drug-likeness (QED) is 0.245. The van der Waals surface area contributed by atoms with Gasteiger partial charge < -0.3 is 10.5 Å². The maximum Gasteiger partial charge on any atom is 0.302 e. The van der Waals surface area contributed by atoms with Crippen LogP contribution in [0, 0.1) is 5.41 Å². The fraction of sp³-hybridized carbons (Fsp3) is 0.462. The molecule has 1 aromatic rings. The fourth-order valence-corrected chi connectivity index (χ4v) is 2.46. The number of esters is 1. The van der Waals surface area contributed by atoms with Crippen LogP contribution < -0.4 is 11.6 Å². The normalized spacial score (nSPS) is 21.5. The molecule has 1 aliphatic rings. The van der Waals surface area contributed by atoms with Crippen molar-refractivity contribution in [3.05, 3.63) is 23.9 Å². The van der Waals surface area contributed by atoms with Crippen LogP contribution in [0.25, 0.3) is 0 Å². The first-order valence-electron chi connectivity index (χ1n) is 6.51. The molecule has 108 valence electrons. The summed E-state index contributed by atoms with van der Waals surface area (Å²) in [6.45, 7) is 1.38. The maximum atomic E-state index is 11.1. The number of carbonyl (C=O) groups excluding carboxylic acids is 1. The van der Waals surface area contributed by atoms with Crippen molar-refractivity contribution in [3.8, 4) is 0 Å². The first-order chi connectivity index (χ1) is 9.49. The molecule has 5 N–H and O–H groups in total. The minimum Gasteiger partial charge on any atom is -0.460 e. The second kappa shape index (κ2) is 5.87. The van der Waals surface area contributed by atoms with Crippen molar-refractivity contribution in [1.82, 2.24) is 9.99 Å². The van der Waals surface area contributed by atoms with E-state index in [0.717, 1.165) is 19.3 Å². The Morgan fingerprint density at radius 1 is 1.50 bits per heavy atom. The monoisotopic (exact) mass is 277 g/mol. The molecule has 0 saturated heterocycles. The van der Waals surface area contributed by atoms with Gasteiger partial charge in [0.05, 0.1) is 6.04 Å². The molecule has 1 aromatic heterocycles. The van der Waals surface area contributed by atoms with Crippen molar-refractivity contribution in [2.24, 2.45) is 5.84 Å². The van der Waals surface area contributed by atoms with Gasteiger partial charge in [-0.1, -0.05) is 6.07 Å². The van der Waals surface area contributed by atoms with E-state index < -0.39 is 0 Å². The second-order valence-electron chi connectivity index (χ2n) is 4.85. The maximum absolute atomic E-state index is 11.1. The van der Waals surface area contributed by atoms with Crippen LogP contribution in [-0.4, -0.2) is 33.9 Å². The third-order valence-corrected chi connectivity index (χ3v) is 3.36. The van der Waals surface area contributed by atoms with Crippen LogP contribution in [0.1, 0.15) is 31.9 Å². The lowest BCUT2D eigenvalue weighted by atomic mass is 10.2. The molecule has 0 radical (unpaired) electrons. The van der Waals surface area contributed by atoms with Gasteiger partial charge in [0.1, 0.15) is 17.6 Å². The lowest BCUT2D eigenvalue weighted by molar-refractivity contribution is -0.148. The lowest BCUT2D eigenvalue weighted by Crippen LogP contribution is -2.50. The van der Waals surface area contributed by atoms with Gasteiger partial charge in [0.25, 0.3) is 0 Å². The molecule has 2 rings (SSSR count). The number of hydrazine groups is 1. The zero-order valence-electron chi connectivity index (χ0n) is 11.4. The number of nitrogens with one attached hydrogen (secondary N) is 1. The van der Waals surface area contributed by atoms with Gasteiger partial charge >= 0.3 is 5.97 Å². The highest BCUT2D eigenvalue weighted by molar-refractivity contribution is 5.94. The summed E-state index contributed by atoms with van der Waals surface area (Å²) >= 11 is 0. The van der Waals surface area contributed by atoms with E-state index in [1.807, 2.05) is 0 Å². The molecule has 0 aromatic carbocycles. The van der Waals surface area contributed by atoms with Gasteiger partial charge in [-0.25, -0.2) is 10.8 Å². The first kappa shape index (κ1) is 14.3. The van der Waals surface area contributed by atoms with Crippen molar-refractivity contribution in [2.45, 2.75) is 38.3 Å². The van der Waals surface area contributed by atoms with Crippen molar-refractivity contribution in [2.75, 3.05) is 5.73 Å². The molecule has 1 heterocycles. The summed E-state index contributed by atoms with van der Waals surface area (Å²) in [5.41, 5.74) is 6.01. The Hall–Kier alpha value is -2.15. The molecular weight excluding hydrogens is 258 g/mol. The molecule has 1 saturated carbocycles. The predicted molar refractivity (Wildman–Crippen MR) is 74.7 cm³/mol. The Morgan fingerprint density at radius 2 is 2.25 bits per heavy atom. The molecule has 20 heavy (non-hydrogen) atoms. The summed E-state index contributed by atoms with van der Waals surface area (Å²) in [4.78, 5) is 15.2. The number of hydrogen-bond acceptors (Lipinski definition) is 6. The van der Waals surface area contributed by atoms with Crippen LogP contribution in [0.3, 0.4) is 0 Å². The van der Waals surface area contributed by atoms with Gasteiger partial charge in [-0.05, 0) is 31.4 Å². The molecule has 2 atom stereocenters. The number of nitrogens with zero attached hydrogens (tertiary/aromatic N) is 2. The van der Waals surface area contributed by atoms with Crippen molar-refractivity contribution < 1.29 is 9.53 Å². The molecule has 7 heteroatoms. The highest BCUT2D eigenvalue weighted by Crippen LogP contribution is 2.26. The summed E-state index contributed by atoms with van der Waals surface area (Å²) in [7, 11) is 0. The standard InChI is InChI=1S/C13H19N5O2/c1-8(19)20-11-6-3-5-10(11)18(16)13(15)9-4-2-7-12(14)17-9/h2,4,7,10-11,15H,3,5-6,16H2,1H3,(H2,14,17)/t10?,11-/m0/s1. The zero-order chi connectivity index (χ0) is 14.7. The number of amidine groups is 1. The molecule has 7 nitrogen and oxygen atoms in total. The van der Waals surface area contributed by atoms with Gasteiger partial charge in [0.15, 0.2) is 5.84 Å². The number of aromatic nitrogens is 1. The SMILES string of the molecule is CC(=O)O[C@H]1CCCC1N(N)C(=N)c1cccc(N)n1. The van der Waals surface area contributed by atoms with E-state index in [1.165, 1.54) is 11.9 Å². The minimum atomic E-state index is -0.330. The van der Waals surface area contributed by atoms with E-state index in [2.05, 4.69) is 4.98 Å². The topological polar surface area (TPSA) is 118 Å². The molecule has 1 aliphatic carbocycles. The molecule has 1 fully saturated rings. The van der Waals surface area contributed by atoms with Crippen LogP contribution in [0.4, 0.5) is 5.82 Å². The smallest absolute Gasteiger partial charge is 0.302 e. The van der Waals surface area contributed by atoms with Gasteiger partial charge in [-0.3, -0.25) is 15.2 Å². The summed E-state index contributed by atoms with van der Waals surface area (Å²) < 4.78 is 5.25. The highest BCUT2D eigenvalue weighted by Gasteiger charge is 2.35. The summed E-state index contributed by atoms with van der Waals surface area (Å²) in [6.07, 6.45) is 2.17. The highest BCUT2D eigenvalue weighted by atomic mass is 16.5. The zero-order valence-corrected chi connectivity index (χ0v) is 11.4. The molecular formula is C13H19N5O2. The second-order valence-corrected chi connectivity index (χ2v) is 4.85. The van der Waals surface area contributed by atoms with E-state index in [-0.39, 0.29) is 24.0 Å². The van der Waals surface area contributed by atoms with Crippen LogP contribution in [0.2, 0.25) is 0 Å². The Bertz CT molecular complexity index is 519. The molecule has 0 aliphatic heterocycles. The van der Waals surface area contributed by atoms with Crippen LogP contribution in [0.5, 0.6) is 0 Å². The van der Waals surface area contributed by atoms with Gasteiger partial charge in [-0.15, -0.1) is 0 Å². The summed E-state index contributed by atoms with van der Waals surface area (Å²) in [5, 5.41) is 9.43. The summed E-state index contributed by atoms with van der Waals surface area (Å²) in [6, 6.07) is 4.84. The molecule has 1 unspecified atom stereocenters. The van der Waals surface area contributed by atoms with E-state index >= 15 is 0 Å². The third-order valence-electron chi connectivity index (χ3n) is 3.36. The van der Waals surface area contributed by atoms with E-state index in [1.54, 1.807) is 18.2 Å². The van der Waals surface area contributed by atoms with Crippen LogP contribution in [0.15, 0.2) is 18.2 Å². The third kappa shape index (κ3) is 3.05. The number of hydrogen-bond donors (Lipinski definition) is 3. The van der Waals surface area contributed by atoms with Crippen molar-refractivity contribution in [1.29, 1.82) is 5.41 Å². The van der Waals surface area contributed by atoms with Gasteiger partial charge in [0.2, 0.25) is 0 Å². The Morgan fingerprint density at radius 3 is 2.90 bits per heavy atom. The molecule has 0 bridgehead atoms. The largest absolute Gasteiger partial charge is 0.460 e. The van der Waals surface area contributed by atoms with E-state index in [0.29, 0.717) is 11.5 Å². The van der Waals surface area contributed by atoms with E-state index in [4.69, 9.17) is 21.7 Å². The number of pyridine rings is 1. The Labute approximate surface area is 117 Å². The molecule has 0 spiro atoms. The number of rotatable bonds is 3. The molecule has 0 amide bonds. The minimum absolute atomic E-state index is 0.0707. The van der Waals surface area contributed by atoms with Crippen LogP contribution in [-0.2, 0) is 9.53 Å². The van der Waals surface area contributed by atoms with Crippen LogP contribution >= 0.6 is 0 Å². The average molecular weight is 277 g/mol. The predicted octanol–water partition coefficient (Wildman–Crippen LogP) is 0.649. The average Bonchev–Trinajstić information content (AvgIpc) is 2.84. The van der Waals surface area contributed by atoms with Gasteiger partial charge in [0, 0.05) is 6.92 Å². The summed E-state index contributed by atoms with van der Waals surface area (Å²) in [5.74, 6) is 6.09. The van der Waals surface area contributed by atoms with E-state index in [9.17, 15) is 4.79 Å². The Kier molecular flexibility index (Phi) is 4.19. The number of nitrogens with two attached hydrogens (primary N) is 2. The fourth-order valence-electron chi connectivity index (χ4n) is 2.46. The number of carbonyl (C=O) groups is 1. The lowest BCUT2D eigenvalue weighted by Gasteiger charge is -2.30. The van der Waals surface area contributed by atoms with Crippen molar-refractivity contribution in [3.63, 3.8) is 0 Å². The number of ether oxygens (including phenoxy) is 1.